The fraction of sp³-hybridized carbons (Fsp3) is 0.143. The molecule has 0 aliphatic rings. The molecule has 3 aromatic carbocycles. The molecule has 35 heavy (non-hydrogen) atoms. The molecule has 1 N–H and O–H groups in total. The standard InChI is InChI=1S/C28H24ClFN4O/c1-18-19(2)34(16-20-7-4-3-5-8-20)26-12-11-21(15-22(18)26)28(35)31-27-13-14-33(32-27)17-23-24(29)9-6-10-25(23)30/h3-15H,16-17H2,1-2H3,(H,31,32,35). The van der Waals surface area contributed by atoms with Crippen LogP contribution < -0.4 is 5.32 Å². The summed E-state index contributed by atoms with van der Waals surface area (Å²) >= 11 is 6.12. The molecule has 0 saturated heterocycles. The Morgan fingerprint density at radius 1 is 1.00 bits per heavy atom. The van der Waals surface area contributed by atoms with Crippen molar-refractivity contribution >= 4 is 34.2 Å². The predicted molar refractivity (Wildman–Crippen MR) is 138 cm³/mol. The number of halogens is 2. The molecule has 2 heterocycles. The average molecular weight is 487 g/mol. The Kier molecular flexibility index (Phi) is 6.14. The number of carbonyl (C=O) groups excluding carboxylic acids is 1. The van der Waals surface area contributed by atoms with Crippen molar-refractivity contribution in [3.63, 3.8) is 0 Å². The van der Waals surface area contributed by atoms with E-state index >= 15 is 0 Å². The third-order valence-corrected chi connectivity index (χ3v) is 6.70. The molecule has 5 aromatic rings. The third-order valence-electron chi connectivity index (χ3n) is 6.35. The summed E-state index contributed by atoms with van der Waals surface area (Å²) in [5.41, 5.74) is 5.53. The maximum absolute atomic E-state index is 14.1. The summed E-state index contributed by atoms with van der Waals surface area (Å²) < 4.78 is 17.9. The lowest BCUT2D eigenvalue weighted by atomic mass is 10.1. The molecule has 5 rings (SSSR count). The van der Waals surface area contributed by atoms with Gasteiger partial charge in [-0.15, -0.1) is 0 Å². The minimum atomic E-state index is -0.392. The van der Waals surface area contributed by atoms with Gasteiger partial charge in [-0.25, -0.2) is 4.39 Å². The van der Waals surface area contributed by atoms with E-state index in [1.165, 1.54) is 17.3 Å². The van der Waals surface area contributed by atoms with Crippen LogP contribution in [0, 0.1) is 19.7 Å². The van der Waals surface area contributed by atoms with Crippen LogP contribution in [-0.4, -0.2) is 20.3 Å². The molecule has 7 heteroatoms. The van der Waals surface area contributed by atoms with Gasteiger partial charge in [0.1, 0.15) is 5.82 Å². The second-order valence-electron chi connectivity index (χ2n) is 8.57. The van der Waals surface area contributed by atoms with Gasteiger partial charge in [-0.2, -0.15) is 5.10 Å². The SMILES string of the molecule is Cc1c(C)n(Cc2ccccc2)c2ccc(C(=O)Nc3ccn(Cc4c(F)cccc4Cl)n3)cc12. The summed E-state index contributed by atoms with van der Waals surface area (Å²) in [7, 11) is 0. The third kappa shape index (κ3) is 4.57. The minimum Gasteiger partial charge on any atom is -0.340 e. The van der Waals surface area contributed by atoms with E-state index in [1.54, 1.807) is 29.1 Å². The lowest BCUT2D eigenvalue weighted by molar-refractivity contribution is 0.102. The van der Waals surface area contributed by atoms with E-state index in [1.807, 2.05) is 36.4 Å². The summed E-state index contributed by atoms with van der Waals surface area (Å²) in [5, 5.41) is 8.57. The number of hydrogen-bond donors (Lipinski definition) is 1. The highest BCUT2D eigenvalue weighted by Gasteiger charge is 2.15. The van der Waals surface area contributed by atoms with Gasteiger partial charge >= 0.3 is 0 Å². The van der Waals surface area contributed by atoms with Crippen molar-refractivity contribution in [2.45, 2.75) is 26.9 Å². The van der Waals surface area contributed by atoms with Gasteiger partial charge in [-0.1, -0.05) is 48.0 Å². The summed E-state index contributed by atoms with van der Waals surface area (Å²) in [6.07, 6.45) is 1.68. The van der Waals surface area contributed by atoms with E-state index in [0.29, 0.717) is 22.0 Å². The van der Waals surface area contributed by atoms with Crippen LogP contribution in [0.1, 0.15) is 32.7 Å². The van der Waals surface area contributed by atoms with Crippen LogP contribution in [0.15, 0.2) is 79.0 Å². The summed E-state index contributed by atoms with van der Waals surface area (Å²) in [4.78, 5) is 13.0. The molecule has 0 fully saturated rings. The fourth-order valence-electron chi connectivity index (χ4n) is 4.31. The fourth-order valence-corrected chi connectivity index (χ4v) is 4.53. The number of hydrogen-bond acceptors (Lipinski definition) is 2. The zero-order valence-electron chi connectivity index (χ0n) is 19.4. The maximum atomic E-state index is 14.1. The van der Waals surface area contributed by atoms with Crippen LogP contribution in [0.25, 0.3) is 10.9 Å². The number of aromatic nitrogens is 3. The van der Waals surface area contributed by atoms with Crippen molar-refractivity contribution in [3.05, 3.63) is 118 Å². The first-order valence-corrected chi connectivity index (χ1v) is 11.7. The number of rotatable bonds is 6. The van der Waals surface area contributed by atoms with Crippen molar-refractivity contribution in [1.29, 1.82) is 0 Å². The number of fused-ring (bicyclic) bond motifs is 1. The van der Waals surface area contributed by atoms with Gasteiger partial charge in [-0.05, 0) is 55.3 Å². The van der Waals surface area contributed by atoms with Crippen molar-refractivity contribution in [2.75, 3.05) is 5.32 Å². The molecule has 0 saturated carbocycles. The number of nitrogens with zero attached hydrogens (tertiary/aromatic N) is 3. The first-order chi connectivity index (χ1) is 16.9. The number of anilines is 1. The Morgan fingerprint density at radius 3 is 2.57 bits per heavy atom. The van der Waals surface area contributed by atoms with Gasteiger partial charge in [-0.3, -0.25) is 9.48 Å². The molecule has 0 unspecified atom stereocenters. The molecule has 2 aromatic heterocycles. The van der Waals surface area contributed by atoms with Crippen molar-refractivity contribution in [2.24, 2.45) is 0 Å². The molecular formula is C28H24ClFN4O. The number of amides is 1. The van der Waals surface area contributed by atoms with Crippen molar-refractivity contribution < 1.29 is 9.18 Å². The smallest absolute Gasteiger partial charge is 0.256 e. The molecule has 0 atom stereocenters. The van der Waals surface area contributed by atoms with Crippen LogP contribution in [0.3, 0.4) is 0 Å². The van der Waals surface area contributed by atoms with E-state index in [4.69, 9.17) is 11.6 Å². The van der Waals surface area contributed by atoms with Crippen LogP contribution >= 0.6 is 11.6 Å². The Hall–Kier alpha value is -3.90. The molecule has 5 nitrogen and oxygen atoms in total. The largest absolute Gasteiger partial charge is 0.340 e. The van der Waals surface area contributed by atoms with Crippen LogP contribution in [-0.2, 0) is 13.1 Å². The molecular weight excluding hydrogens is 463 g/mol. The van der Waals surface area contributed by atoms with Gasteiger partial charge in [0.2, 0.25) is 0 Å². The molecule has 0 aliphatic carbocycles. The maximum Gasteiger partial charge on any atom is 0.256 e. The Balaban J connectivity index is 1.36. The van der Waals surface area contributed by atoms with E-state index in [-0.39, 0.29) is 12.5 Å². The number of benzene rings is 3. The Bertz CT molecular complexity index is 1520. The lowest BCUT2D eigenvalue weighted by Crippen LogP contribution is -2.13. The van der Waals surface area contributed by atoms with Gasteiger partial charge in [0.15, 0.2) is 5.82 Å². The molecule has 0 aliphatic heterocycles. The van der Waals surface area contributed by atoms with E-state index < -0.39 is 5.82 Å². The molecule has 0 bridgehead atoms. The highest BCUT2D eigenvalue weighted by molar-refractivity contribution is 6.31. The first kappa shape index (κ1) is 22.9. The quantitative estimate of drug-likeness (QED) is 0.294. The monoisotopic (exact) mass is 486 g/mol. The Morgan fingerprint density at radius 2 is 1.80 bits per heavy atom. The Labute approximate surface area is 207 Å². The first-order valence-electron chi connectivity index (χ1n) is 11.3. The normalized spacial score (nSPS) is 11.2. The molecule has 1 amide bonds. The molecule has 176 valence electrons. The zero-order valence-corrected chi connectivity index (χ0v) is 20.2. The van der Waals surface area contributed by atoms with Gasteiger partial charge < -0.3 is 9.88 Å². The lowest BCUT2D eigenvalue weighted by Gasteiger charge is -2.09. The molecule has 0 radical (unpaired) electrons. The van der Waals surface area contributed by atoms with Crippen molar-refractivity contribution in [3.8, 4) is 0 Å². The predicted octanol–water partition coefficient (Wildman–Crippen LogP) is 6.60. The molecule has 0 spiro atoms. The summed E-state index contributed by atoms with van der Waals surface area (Å²) in [6, 6.07) is 22.3. The highest BCUT2D eigenvalue weighted by Crippen LogP contribution is 2.28. The van der Waals surface area contributed by atoms with E-state index in [9.17, 15) is 9.18 Å². The van der Waals surface area contributed by atoms with Crippen LogP contribution in [0.2, 0.25) is 5.02 Å². The number of carbonyl (C=O) groups is 1. The second-order valence-corrected chi connectivity index (χ2v) is 8.97. The van der Waals surface area contributed by atoms with E-state index in [2.05, 4.69) is 41.0 Å². The van der Waals surface area contributed by atoms with Gasteiger partial charge in [0.05, 0.1) is 6.54 Å². The van der Waals surface area contributed by atoms with E-state index in [0.717, 1.165) is 23.0 Å². The second kappa shape index (κ2) is 9.39. The van der Waals surface area contributed by atoms with Crippen LogP contribution in [0.4, 0.5) is 10.2 Å². The summed E-state index contributed by atoms with van der Waals surface area (Å²) in [6.45, 7) is 5.12. The van der Waals surface area contributed by atoms with Crippen molar-refractivity contribution in [1.82, 2.24) is 14.3 Å². The number of nitrogens with one attached hydrogen (secondary N) is 1. The zero-order chi connectivity index (χ0) is 24.5. The van der Waals surface area contributed by atoms with Gasteiger partial charge in [0, 0.05) is 51.6 Å². The minimum absolute atomic E-state index is 0.167. The van der Waals surface area contributed by atoms with Crippen LogP contribution in [0.5, 0.6) is 0 Å². The topological polar surface area (TPSA) is 51.9 Å². The average Bonchev–Trinajstić information content (AvgIpc) is 3.39. The summed E-state index contributed by atoms with van der Waals surface area (Å²) in [5.74, 6) is -0.261. The highest BCUT2D eigenvalue weighted by atomic mass is 35.5. The number of aryl methyl sites for hydroxylation is 1. The van der Waals surface area contributed by atoms with Gasteiger partial charge in [0.25, 0.3) is 5.91 Å².